The summed E-state index contributed by atoms with van der Waals surface area (Å²) in [6, 6.07) is 12.0. The number of oxazole rings is 1. The lowest BCUT2D eigenvalue weighted by Gasteiger charge is -2.17. The minimum Gasteiger partial charge on any atom is -0.495 e. The number of carbonyl (C=O) groups excluding carboxylic acids is 2. The van der Waals surface area contributed by atoms with Gasteiger partial charge in [0.1, 0.15) is 11.3 Å². The molecule has 1 unspecified atom stereocenters. The first-order valence-corrected chi connectivity index (χ1v) is 8.11. The number of amides is 1. The summed E-state index contributed by atoms with van der Waals surface area (Å²) < 4.78 is 15.8. The largest absolute Gasteiger partial charge is 0.495 e. The van der Waals surface area contributed by atoms with Crippen LogP contribution in [0.4, 0.5) is 5.69 Å². The molecule has 0 aliphatic carbocycles. The number of aromatic nitrogens is 1. The van der Waals surface area contributed by atoms with Crippen molar-refractivity contribution in [2.75, 3.05) is 12.4 Å². The van der Waals surface area contributed by atoms with Gasteiger partial charge in [-0.2, -0.15) is 0 Å². The van der Waals surface area contributed by atoms with Gasteiger partial charge in [0.2, 0.25) is 0 Å². The molecule has 26 heavy (non-hydrogen) atoms. The highest BCUT2D eigenvalue weighted by atomic mass is 16.5. The van der Waals surface area contributed by atoms with Crippen molar-refractivity contribution in [3.05, 3.63) is 54.4 Å². The van der Waals surface area contributed by atoms with Crippen LogP contribution in [-0.4, -0.2) is 30.1 Å². The lowest BCUT2D eigenvalue weighted by Crippen LogP contribution is -2.32. The number of nitrogens with zero attached hydrogens (tertiary/aromatic N) is 1. The van der Waals surface area contributed by atoms with E-state index < -0.39 is 18.0 Å². The van der Waals surface area contributed by atoms with Gasteiger partial charge < -0.3 is 19.2 Å². The van der Waals surface area contributed by atoms with Crippen LogP contribution in [-0.2, 0) is 9.53 Å². The summed E-state index contributed by atoms with van der Waals surface area (Å²) in [4.78, 5) is 29.0. The van der Waals surface area contributed by atoms with Crippen molar-refractivity contribution in [1.29, 1.82) is 0 Å². The first kappa shape index (κ1) is 17.5. The lowest BCUT2D eigenvalue weighted by molar-refractivity contribution is -0.124. The van der Waals surface area contributed by atoms with Gasteiger partial charge in [-0.1, -0.05) is 25.1 Å². The van der Waals surface area contributed by atoms with Crippen molar-refractivity contribution in [2.45, 2.75) is 19.4 Å². The maximum atomic E-state index is 12.5. The molecule has 0 saturated heterocycles. The van der Waals surface area contributed by atoms with Crippen LogP contribution in [0.5, 0.6) is 5.75 Å². The minimum atomic E-state index is -0.949. The number of hydrogen-bond acceptors (Lipinski definition) is 6. The third-order valence-corrected chi connectivity index (χ3v) is 3.86. The van der Waals surface area contributed by atoms with E-state index in [2.05, 4.69) is 10.3 Å². The highest BCUT2D eigenvalue weighted by molar-refractivity contribution is 6.03. The molecule has 1 amide bonds. The molecule has 0 bridgehead atoms. The average Bonchev–Trinajstić information content (AvgIpc) is 3.15. The van der Waals surface area contributed by atoms with Gasteiger partial charge in [-0.3, -0.25) is 4.79 Å². The van der Waals surface area contributed by atoms with Gasteiger partial charge in [0.15, 0.2) is 18.1 Å². The van der Waals surface area contributed by atoms with E-state index in [0.29, 0.717) is 29.0 Å². The fourth-order valence-electron chi connectivity index (χ4n) is 2.53. The van der Waals surface area contributed by atoms with E-state index in [1.54, 1.807) is 49.4 Å². The molecule has 0 saturated carbocycles. The van der Waals surface area contributed by atoms with E-state index in [1.165, 1.54) is 13.5 Å². The summed E-state index contributed by atoms with van der Waals surface area (Å²) in [5.41, 5.74) is 1.64. The third-order valence-electron chi connectivity index (χ3n) is 3.86. The molecule has 0 spiro atoms. The fraction of sp³-hybridized carbons (Fsp3) is 0.211. The monoisotopic (exact) mass is 354 g/mol. The molecule has 7 heteroatoms. The Morgan fingerprint density at radius 2 is 2.00 bits per heavy atom. The summed E-state index contributed by atoms with van der Waals surface area (Å²) in [7, 11) is 1.51. The molecule has 0 aliphatic heterocycles. The third kappa shape index (κ3) is 3.51. The first-order chi connectivity index (χ1) is 12.6. The van der Waals surface area contributed by atoms with Crippen molar-refractivity contribution in [3.8, 4) is 5.75 Å². The molecule has 134 valence electrons. The molecular weight excluding hydrogens is 336 g/mol. The Morgan fingerprint density at radius 3 is 2.77 bits per heavy atom. The Balaban J connectivity index is 1.75. The van der Waals surface area contributed by atoms with E-state index in [-0.39, 0.29) is 5.56 Å². The SMILES string of the molecule is CCC(OC(=O)c1cccc2ocnc12)C(=O)Nc1ccccc1OC. The molecule has 1 heterocycles. The number of fused-ring (bicyclic) bond motifs is 1. The molecule has 1 atom stereocenters. The van der Waals surface area contributed by atoms with Gasteiger partial charge >= 0.3 is 5.97 Å². The molecule has 3 rings (SSSR count). The molecule has 0 radical (unpaired) electrons. The van der Waals surface area contributed by atoms with E-state index in [4.69, 9.17) is 13.9 Å². The quantitative estimate of drug-likeness (QED) is 0.682. The van der Waals surface area contributed by atoms with Crippen LogP contribution in [0.1, 0.15) is 23.7 Å². The lowest BCUT2D eigenvalue weighted by atomic mass is 10.2. The van der Waals surface area contributed by atoms with Crippen LogP contribution in [0.2, 0.25) is 0 Å². The zero-order chi connectivity index (χ0) is 18.5. The molecule has 3 aromatic rings. The van der Waals surface area contributed by atoms with E-state index in [1.807, 2.05) is 0 Å². The van der Waals surface area contributed by atoms with E-state index in [0.717, 1.165) is 0 Å². The Kier molecular flexibility index (Phi) is 5.17. The Hall–Kier alpha value is -3.35. The number of hydrogen-bond donors (Lipinski definition) is 1. The Bertz CT molecular complexity index is 934. The van der Waals surface area contributed by atoms with Gasteiger partial charge in [0.25, 0.3) is 5.91 Å². The number of esters is 1. The number of ether oxygens (including phenoxy) is 2. The number of rotatable bonds is 6. The fourth-order valence-corrected chi connectivity index (χ4v) is 2.53. The van der Waals surface area contributed by atoms with Crippen molar-refractivity contribution < 1.29 is 23.5 Å². The number of nitrogens with one attached hydrogen (secondary N) is 1. The van der Waals surface area contributed by atoms with Crippen molar-refractivity contribution in [1.82, 2.24) is 4.98 Å². The van der Waals surface area contributed by atoms with Crippen LogP contribution >= 0.6 is 0 Å². The Morgan fingerprint density at radius 1 is 1.19 bits per heavy atom. The number of anilines is 1. The molecule has 2 aromatic carbocycles. The summed E-state index contributed by atoms with van der Waals surface area (Å²) >= 11 is 0. The minimum absolute atomic E-state index is 0.250. The van der Waals surface area contributed by atoms with Crippen LogP contribution in [0.3, 0.4) is 0 Å². The second-order valence-corrected chi connectivity index (χ2v) is 5.50. The molecule has 1 aromatic heterocycles. The molecular formula is C19H18N2O5. The van der Waals surface area contributed by atoms with Gasteiger partial charge in [0.05, 0.1) is 18.4 Å². The van der Waals surface area contributed by atoms with Crippen LogP contribution in [0.15, 0.2) is 53.3 Å². The smallest absolute Gasteiger partial charge is 0.341 e. The zero-order valence-corrected chi connectivity index (χ0v) is 14.4. The number of benzene rings is 2. The number of methoxy groups -OCH3 is 1. The normalized spacial score (nSPS) is 11.8. The highest BCUT2D eigenvalue weighted by Gasteiger charge is 2.24. The zero-order valence-electron chi connectivity index (χ0n) is 14.4. The van der Waals surface area contributed by atoms with Gasteiger partial charge in [-0.25, -0.2) is 9.78 Å². The van der Waals surface area contributed by atoms with Crippen LogP contribution < -0.4 is 10.1 Å². The van der Waals surface area contributed by atoms with Crippen molar-refractivity contribution in [3.63, 3.8) is 0 Å². The van der Waals surface area contributed by atoms with Gasteiger partial charge in [0, 0.05) is 0 Å². The second-order valence-electron chi connectivity index (χ2n) is 5.50. The van der Waals surface area contributed by atoms with Gasteiger partial charge in [-0.05, 0) is 30.7 Å². The standard InChI is InChI=1S/C19H18N2O5/c1-3-14(18(22)21-13-8-4-5-9-15(13)24-2)26-19(23)12-7-6-10-16-17(12)20-11-25-16/h4-11,14H,3H2,1-2H3,(H,21,22). The number of carbonyl (C=O) groups is 2. The highest BCUT2D eigenvalue weighted by Crippen LogP contribution is 2.24. The van der Waals surface area contributed by atoms with Gasteiger partial charge in [-0.15, -0.1) is 0 Å². The van der Waals surface area contributed by atoms with E-state index >= 15 is 0 Å². The van der Waals surface area contributed by atoms with E-state index in [9.17, 15) is 9.59 Å². The summed E-state index contributed by atoms with van der Waals surface area (Å²) in [6.45, 7) is 1.76. The maximum Gasteiger partial charge on any atom is 0.341 e. The summed E-state index contributed by atoms with van der Waals surface area (Å²) in [5, 5.41) is 2.73. The second kappa shape index (κ2) is 7.69. The summed E-state index contributed by atoms with van der Waals surface area (Å²) in [6.07, 6.45) is 0.629. The van der Waals surface area contributed by atoms with Crippen molar-refractivity contribution in [2.24, 2.45) is 0 Å². The molecule has 0 fully saturated rings. The van der Waals surface area contributed by atoms with Crippen LogP contribution in [0, 0.1) is 0 Å². The predicted octanol–water partition coefficient (Wildman–Crippen LogP) is 3.41. The predicted molar refractivity (Wildman–Crippen MR) is 95.1 cm³/mol. The Labute approximate surface area is 149 Å². The summed E-state index contributed by atoms with van der Waals surface area (Å²) in [5.74, 6) is -0.543. The van der Waals surface area contributed by atoms with Crippen LogP contribution in [0.25, 0.3) is 11.1 Å². The topological polar surface area (TPSA) is 90.7 Å². The molecule has 1 N–H and O–H groups in total. The molecule has 0 aliphatic rings. The van der Waals surface area contributed by atoms with Crippen molar-refractivity contribution >= 4 is 28.7 Å². The first-order valence-electron chi connectivity index (χ1n) is 8.11. The molecule has 7 nitrogen and oxygen atoms in total. The number of para-hydroxylation sites is 3. The maximum absolute atomic E-state index is 12.5. The average molecular weight is 354 g/mol.